The molecule has 1 aromatic carbocycles. The standard InChI is InChI=1S/C16H24F2N2O/c1-16(2,3)10-14(19)9-15(21)20-5-4-11-6-12(17)8-13(18)7-11/h6-8,14H,4-5,9-10,19H2,1-3H3,(H,20,21). The van der Waals surface area contributed by atoms with Gasteiger partial charge in [-0.15, -0.1) is 0 Å². The van der Waals surface area contributed by atoms with Gasteiger partial charge in [0.15, 0.2) is 0 Å². The fourth-order valence-electron chi connectivity index (χ4n) is 2.27. The van der Waals surface area contributed by atoms with E-state index in [4.69, 9.17) is 5.73 Å². The summed E-state index contributed by atoms with van der Waals surface area (Å²) in [5.41, 5.74) is 6.53. The molecule has 0 saturated carbocycles. The Morgan fingerprint density at radius 1 is 1.24 bits per heavy atom. The second kappa shape index (κ2) is 7.50. The van der Waals surface area contributed by atoms with E-state index in [1.54, 1.807) is 0 Å². The zero-order valence-electron chi connectivity index (χ0n) is 12.9. The van der Waals surface area contributed by atoms with Crippen molar-refractivity contribution < 1.29 is 13.6 Å². The number of nitrogens with one attached hydrogen (secondary N) is 1. The Morgan fingerprint density at radius 2 is 1.81 bits per heavy atom. The molecule has 1 amide bonds. The number of nitrogens with two attached hydrogens (primary N) is 1. The normalized spacial score (nSPS) is 13.0. The van der Waals surface area contributed by atoms with Gasteiger partial charge in [-0.1, -0.05) is 20.8 Å². The third-order valence-electron chi connectivity index (χ3n) is 2.98. The highest BCUT2D eigenvalue weighted by molar-refractivity contribution is 5.76. The van der Waals surface area contributed by atoms with Crippen LogP contribution in [0.5, 0.6) is 0 Å². The molecule has 0 spiro atoms. The minimum atomic E-state index is -0.608. The zero-order valence-corrected chi connectivity index (χ0v) is 12.9. The first-order valence-electron chi connectivity index (χ1n) is 7.13. The molecule has 0 heterocycles. The number of amides is 1. The lowest BCUT2D eigenvalue weighted by Crippen LogP contribution is -2.35. The Hall–Kier alpha value is -1.49. The molecule has 21 heavy (non-hydrogen) atoms. The summed E-state index contributed by atoms with van der Waals surface area (Å²) in [6, 6.07) is 3.17. The van der Waals surface area contributed by atoms with Crippen molar-refractivity contribution in [2.75, 3.05) is 6.54 Å². The van der Waals surface area contributed by atoms with Crippen molar-refractivity contribution in [2.45, 2.75) is 46.1 Å². The van der Waals surface area contributed by atoms with Crippen LogP contribution in [0.4, 0.5) is 8.78 Å². The third-order valence-corrected chi connectivity index (χ3v) is 2.98. The fourth-order valence-corrected chi connectivity index (χ4v) is 2.27. The molecule has 0 radical (unpaired) electrons. The van der Waals surface area contributed by atoms with Crippen LogP contribution < -0.4 is 11.1 Å². The molecule has 0 aliphatic carbocycles. The van der Waals surface area contributed by atoms with E-state index >= 15 is 0 Å². The molecule has 0 fully saturated rings. The van der Waals surface area contributed by atoms with Crippen LogP contribution in [0, 0.1) is 17.0 Å². The maximum absolute atomic E-state index is 13.0. The second-order valence-corrected chi connectivity index (χ2v) is 6.61. The summed E-state index contributed by atoms with van der Waals surface area (Å²) in [5.74, 6) is -1.35. The molecule has 118 valence electrons. The third kappa shape index (κ3) is 7.75. The van der Waals surface area contributed by atoms with Crippen molar-refractivity contribution in [2.24, 2.45) is 11.1 Å². The highest BCUT2D eigenvalue weighted by Gasteiger charge is 2.17. The average molecular weight is 298 g/mol. The number of halogens is 2. The maximum atomic E-state index is 13.0. The molecule has 0 aliphatic heterocycles. The first-order valence-corrected chi connectivity index (χ1v) is 7.13. The maximum Gasteiger partial charge on any atom is 0.221 e. The van der Waals surface area contributed by atoms with Crippen LogP contribution in [0.2, 0.25) is 0 Å². The van der Waals surface area contributed by atoms with Crippen molar-refractivity contribution in [3.8, 4) is 0 Å². The van der Waals surface area contributed by atoms with E-state index in [2.05, 4.69) is 26.1 Å². The minimum Gasteiger partial charge on any atom is -0.356 e. The molecule has 1 unspecified atom stereocenters. The van der Waals surface area contributed by atoms with Gasteiger partial charge in [0, 0.05) is 25.1 Å². The summed E-state index contributed by atoms with van der Waals surface area (Å²) in [7, 11) is 0. The van der Waals surface area contributed by atoms with Crippen LogP contribution in [0.1, 0.15) is 39.2 Å². The van der Waals surface area contributed by atoms with Crippen molar-refractivity contribution in [1.82, 2.24) is 5.32 Å². The molecule has 3 N–H and O–H groups in total. The van der Waals surface area contributed by atoms with Gasteiger partial charge in [0.2, 0.25) is 5.91 Å². The molecule has 0 saturated heterocycles. The summed E-state index contributed by atoms with van der Waals surface area (Å²) in [5, 5.41) is 2.72. The summed E-state index contributed by atoms with van der Waals surface area (Å²) in [6.07, 6.45) is 1.40. The summed E-state index contributed by atoms with van der Waals surface area (Å²) >= 11 is 0. The molecular formula is C16H24F2N2O. The van der Waals surface area contributed by atoms with Crippen LogP contribution in [0.15, 0.2) is 18.2 Å². The lowest BCUT2D eigenvalue weighted by Gasteiger charge is -2.22. The molecule has 1 rings (SSSR count). The van der Waals surface area contributed by atoms with E-state index in [-0.39, 0.29) is 23.8 Å². The van der Waals surface area contributed by atoms with E-state index in [9.17, 15) is 13.6 Å². The van der Waals surface area contributed by atoms with Crippen LogP contribution in [0.25, 0.3) is 0 Å². The lowest BCUT2D eigenvalue weighted by atomic mass is 9.87. The molecule has 3 nitrogen and oxygen atoms in total. The highest BCUT2D eigenvalue weighted by Crippen LogP contribution is 2.20. The van der Waals surface area contributed by atoms with Gasteiger partial charge in [-0.3, -0.25) is 4.79 Å². The zero-order chi connectivity index (χ0) is 16.0. The number of rotatable bonds is 6. The fraction of sp³-hybridized carbons (Fsp3) is 0.562. The lowest BCUT2D eigenvalue weighted by molar-refractivity contribution is -0.121. The highest BCUT2D eigenvalue weighted by atomic mass is 19.1. The number of carbonyl (C=O) groups excluding carboxylic acids is 1. The topological polar surface area (TPSA) is 55.1 Å². The second-order valence-electron chi connectivity index (χ2n) is 6.61. The number of carbonyl (C=O) groups is 1. The van der Waals surface area contributed by atoms with Crippen molar-refractivity contribution in [3.63, 3.8) is 0 Å². The van der Waals surface area contributed by atoms with Crippen LogP contribution in [-0.4, -0.2) is 18.5 Å². The molecular weight excluding hydrogens is 274 g/mol. The van der Waals surface area contributed by atoms with Gasteiger partial charge in [-0.25, -0.2) is 8.78 Å². The van der Waals surface area contributed by atoms with Crippen LogP contribution in [0.3, 0.4) is 0 Å². The quantitative estimate of drug-likeness (QED) is 0.848. The smallest absolute Gasteiger partial charge is 0.221 e. The predicted molar refractivity (Wildman–Crippen MR) is 79.7 cm³/mol. The monoisotopic (exact) mass is 298 g/mol. The minimum absolute atomic E-state index is 0.0821. The molecule has 1 aromatic rings. The first kappa shape index (κ1) is 17.6. The number of benzene rings is 1. The Bertz CT molecular complexity index is 463. The Balaban J connectivity index is 2.33. The van der Waals surface area contributed by atoms with Gasteiger partial charge in [0.1, 0.15) is 11.6 Å². The van der Waals surface area contributed by atoms with Gasteiger partial charge >= 0.3 is 0 Å². The van der Waals surface area contributed by atoms with Crippen LogP contribution in [-0.2, 0) is 11.2 Å². The number of hydrogen-bond donors (Lipinski definition) is 2. The van der Waals surface area contributed by atoms with E-state index in [1.165, 1.54) is 12.1 Å². The molecule has 0 bridgehead atoms. The molecule has 0 aliphatic rings. The Kier molecular flexibility index (Phi) is 6.27. The van der Waals surface area contributed by atoms with Crippen molar-refractivity contribution in [3.05, 3.63) is 35.4 Å². The average Bonchev–Trinajstić information content (AvgIpc) is 2.24. The van der Waals surface area contributed by atoms with Crippen molar-refractivity contribution in [1.29, 1.82) is 0 Å². The summed E-state index contributed by atoms with van der Waals surface area (Å²) in [6.45, 7) is 6.56. The van der Waals surface area contributed by atoms with E-state index in [1.807, 2.05) is 0 Å². The van der Waals surface area contributed by atoms with Crippen molar-refractivity contribution >= 4 is 5.91 Å². The van der Waals surface area contributed by atoms with E-state index in [0.717, 1.165) is 12.5 Å². The van der Waals surface area contributed by atoms with Gasteiger partial charge in [-0.2, -0.15) is 0 Å². The number of hydrogen-bond acceptors (Lipinski definition) is 2. The predicted octanol–water partition coefficient (Wildman–Crippen LogP) is 2.78. The molecule has 0 aromatic heterocycles. The van der Waals surface area contributed by atoms with Gasteiger partial charge in [0.05, 0.1) is 0 Å². The first-order chi connectivity index (χ1) is 9.65. The van der Waals surface area contributed by atoms with E-state index in [0.29, 0.717) is 18.5 Å². The molecule has 5 heteroatoms. The van der Waals surface area contributed by atoms with Gasteiger partial charge < -0.3 is 11.1 Å². The Morgan fingerprint density at radius 3 is 2.33 bits per heavy atom. The van der Waals surface area contributed by atoms with Gasteiger partial charge in [0.25, 0.3) is 0 Å². The van der Waals surface area contributed by atoms with E-state index < -0.39 is 11.6 Å². The summed E-state index contributed by atoms with van der Waals surface area (Å²) in [4.78, 5) is 11.7. The SMILES string of the molecule is CC(C)(C)CC(N)CC(=O)NCCc1cc(F)cc(F)c1. The summed E-state index contributed by atoms with van der Waals surface area (Å²) < 4.78 is 26.0. The largest absolute Gasteiger partial charge is 0.356 e. The van der Waals surface area contributed by atoms with Gasteiger partial charge in [-0.05, 0) is 36.0 Å². The molecule has 1 atom stereocenters. The van der Waals surface area contributed by atoms with Crippen LogP contribution >= 0.6 is 0 Å². The Labute approximate surface area is 124 Å².